The van der Waals surface area contributed by atoms with Gasteiger partial charge in [0.25, 0.3) is 0 Å². The summed E-state index contributed by atoms with van der Waals surface area (Å²) >= 11 is 0. The topological polar surface area (TPSA) is 107 Å². The third-order valence-electron chi connectivity index (χ3n) is 0.867. The van der Waals surface area contributed by atoms with E-state index in [4.69, 9.17) is 19.8 Å². The van der Waals surface area contributed by atoms with E-state index in [2.05, 4.69) is 24.5 Å². The van der Waals surface area contributed by atoms with E-state index in [0.717, 1.165) is 12.2 Å². The van der Waals surface area contributed by atoms with Crippen molar-refractivity contribution in [3.63, 3.8) is 0 Å². The minimum Gasteiger partial charge on any atom is -0.545 e. The molecule has 0 heterocycles. The van der Waals surface area contributed by atoms with Gasteiger partial charge in [0.05, 0.1) is 19.0 Å². The molecule has 0 aliphatic heterocycles. The molecule has 0 spiro atoms. The Bertz CT molecular complexity index is 291. The number of ether oxygens (including phenoxy) is 1. The second kappa shape index (κ2) is 18.6. The van der Waals surface area contributed by atoms with Crippen LogP contribution in [0.1, 0.15) is 6.92 Å². The van der Waals surface area contributed by atoms with Crippen LogP contribution in [-0.2, 0) is 19.1 Å². The molecule has 0 aromatic heterocycles. The van der Waals surface area contributed by atoms with Crippen molar-refractivity contribution in [1.82, 2.24) is 0 Å². The number of aliphatic carboxylic acids is 2. The predicted molar refractivity (Wildman–Crippen MR) is 63.0 cm³/mol. The molecule has 0 amide bonds. The molecule has 0 aromatic rings. The van der Waals surface area contributed by atoms with Crippen LogP contribution in [0.25, 0.3) is 0 Å². The van der Waals surface area contributed by atoms with Crippen LogP contribution in [0.2, 0.25) is 0 Å². The smallest absolute Gasteiger partial charge is 0.545 e. The van der Waals surface area contributed by atoms with Crippen molar-refractivity contribution in [2.45, 2.75) is 6.92 Å². The molecule has 6 nitrogen and oxygen atoms in total. The number of esters is 1. The molecule has 96 valence electrons. The van der Waals surface area contributed by atoms with E-state index in [-0.39, 0.29) is 54.9 Å². The van der Waals surface area contributed by atoms with Crippen LogP contribution in [0, 0.1) is 0 Å². The van der Waals surface area contributed by atoms with E-state index >= 15 is 0 Å². The molecule has 18 heavy (non-hydrogen) atoms. The summed E-state index contributed by atoms with van der Waals surface area (Å²) in [5.41, 5.74) is 0.433. The number of carboxylic acid groups (broad SMARTS) is 2. The Morgan fingerprint density at radius 1 is 1.06 bits per heavy atom. The summed E-state index contributed by atoms with van der Waals surface area (Å²) in [5.74, 6) is -2.81. The van der Waals surface area contributed by atoms with Crippen molar-refractivity contribution in [3.8, 4) is 0 Å². The third kappa shape index (κ3) is 36.2. The number of methoxy groups -OCH3 is 1. The van der Waals surface area contributed by atoms with Gasteiger partial charge in [0.15, 0.2) is 0 Å². The second-order valence-corrected chi connectivity index (χ2v) is 2.32. The zero-order valence-corrected chi connectivity index (χ0v) is 14.9. The summed E-state index contributed by atoms with van der Waals surface area (Å²) in [7, 11) is 1.33. The van der Waals surface area contributed by atoms with E-state index < -0.39 is 11.9 Å². The summed E-state index contributed by atoms with van der Waals surface area (Å²) in [6, 6.07) is 0. The summed E-state index contributed by atoms with van der Waals surface area (Å²) in [4.78, 5) is 28.5. The van der Waals surface area contributed by atoms with Gasteiger partial charge >= 0.3 is 54.9 Å². The molecule has 0 radical (unpaired) electrons. The van der Waals surface area contributed by atoms with Crippen LogP contribution < -0.4 is 10.2 Å². The van der Waals surface area contributed by atoms with Gasteiger partial charge in [-0.1, -0.05) is 19.7 Å². The first kappa shape index (κ1) is 25.9. The molecule has 0 N–H and O–H groups in total. The van der Waals surface area contributed by atoms with Crippen molar-refractivity contribution in [3.05, 3.63) is 37.5 Å². The maximum Gasteiger partial charge on any atom is 2.00 e. The van der Waals surface area contributed by atoms with E-state index in [1.54, 1.807) is 6.92 Å². The second-order valence-electron chi connectivity index (χ2n) is 2.32. The van der Waals surface area contributed by atoms with Gasteiger partial charge in [-0.3, -0.25) is 0 Å². The van der Waals surface area contributed by atoms with Crippen LogP contribution in [0.3, 0.4) is 0 Å². The van der Waals surface area contributed by atoms with Gasteiger partial charge < -0.3 is 24.5 Å². The number of rotatable bonds is 3. The largest absolute Gasteiger partial charge is 2.00 e. The van der Waals surface area contributed by atoms with Gasteiger partial charge in [-0.2, -0.15) is 0 Å². The first-order chi connectivity index (χ1) is 7.72. The molecule has 0 aromatic carbocycles. The van der Waals surface area contributed by atoms with Crippen LogP contribution in [-0.4, -0.2) is 73.9 Å². The summed E-state index contributed by atoms with van der Waals surface area (Å²) in [6.07, 6.45) is 1.44. The Hall–Kier alpha value is -0.799. The summed E-state index contributed by atoms with van der Waals surface area (Å²) in [5, 5.41) is 18.3. The minimum absolute atomic E-state index is 0. The molecular formula is C11H14BaO6. The first-order valence-electron chi connectivity index (χ1n) is 4.13. The standard InChI is InChI=1S/C5H8O2.2C3H4O2.Ba/c1-4(2)5(6)7-3;2*1-2-3(4)5;/h1H2,2-3H3;2*2H,1H2,(H,4,5);/q;;;+2/p-2. The molecule has 0 aliphatic rings. The van der Waals surface area contributed by atoms with Crippen LogP contribution in [0.15, 0.2) is 37.5 Å². The molecular weight excluding hydrogens is 365 g/mol. The Morgan fingerprint density at radius 2 is 1.28 bits per heavy atom. The van der Waals surface area contributed by atoms with Gasteiger partial charge in [0.1, 0.15) is 0 Å². The molecule has 7 heteroatoms. The van der Waals surface area contributed by atoms with Gasteiger partial charge in [-0.25, -0.2) is 4.79 Å². The van der Waals surface area contributed by atoms with Crippen molar-refractivity contribution in [2.75, 3.05) is 7.11 Å². The van der Waals surface area contributed by atoms with Crippen molar-refractivity contribution in [1.29, 1.82) is 0 Å². The van der Waals surface area contributed by atoms with E-state index in [1.165, 1.54) is 7.11 Å². The zero-order valence-electron chi connectivity index (χ0n) is 10.4. The SMILES string of the molecule is C=C(C)C(=O)OC.C=CC(=O)[O-].C=CC(=O)[O-].[Ba+2]. The molecule has 0 saturated heterocycles. The number of carbonyl (C=O) groups is 3. The van der Waals surface area contributed by atoms with Gasteiger partial charge in [0, 0.05) is 5.57 Å². The fraction of sp³-hybridized carbons (Fsp3) is 0.182. The quantitative estimate of drug-likeness (QED) is 0.325. The maximum atomic E-state index is 10.2. The normalized spacial score (nSPS) is 6.56. The number of carbonyl (C=O) groups excluding carboxylic acids is 3. The molecule has 0 unspecified atom stereocenters. The predicted octanol–water partition coefficient (Wildman–Crippen LogP) is -1.80. The third-order valence-corrected chi connectivity index (χ3v) is 0.867. The van der Waals surface area contributed by atoms with Crippen molar-refractivity contribution >= 4 is 66.8 Å². The summed E-state index contributed by atoms with van der Waals surface area (Å²) in [6.45, 7) is 10.8. The van der Waals surface area contributed by atoms with Gasteiger partial charge in [0.2, 0.25) is 0 Å². The minimum atomic E-state index is -1.23. The molecule has 0 rings (SSSR count). The van der Waals surface area contributed by atoms with Gasteiger partial charge in [-0.05, 0) is 19.1 Å². The first-order valence-corrected chi connectivity index (χ1v) is 4.13. The number of hydrogen-bond donors (Lipinski definition) is 0. The maximum absolute atomic E-state index is 10.2. The van der Waals surface area contributed by atoms with E-state index in [0.29, 0.717) is 5.57 Å². The fourth-order valence-electron chi connectivity index (χ4n) is 0.174. The average molecular weight is 380 g/mol. The van der Waals surface area contributed by atoms with Crippen molar-refractivity contribution in [2.24, 2.45) is 0 Å². The number of carboxylic acids is 2. The van der Waals surface area contributed by atoms with E-state index in [9.17, 15) is 4.79 Å². The molecule has 0 atom stereocenters. The van der Waals surface area contributed by atoms with Gasteiger partial charge in [-0.15, -0.1) is 0 Å². The fourth-order valence-corrected chi connectivity index (χ4v) is 0.174. The number of hydrogen-bond acceptors (Lipinski definition) is 6. The Labute approximate surface area is 146 Å². The summed E-state index contributed by atoms with van der Waals surface area (Å²) < 4.78 is 4.27. The Kier molecular flexibility index (Phi) is 26.7. The average Bonchev–Trinajstić information content (AvgIpc) is 2.29. The monoisotopic (exact) mass is 380 g/mol. The van der Waals surface area contributed by atoms with Crippen LogP contribution >= 0.6 is 0 Å². The molecule has 0 fully saturated rings. The van der Waals surface area contributed by atoms with Crippen LogP contribution in [0.4, 0.5) is 0 Å². The Balaban J connectivity index is -0.0000000813. The van der Waals surface area contributed by atoms with Crippen molar-refractivity contribution < 1.29 is 29.3 Å². The van der Waals surface area contributed by atoms with E-state index in [1.807, 2.05) is 0 Å². The molecule has 0 aliphatic carbocycles. The molecule has 0 bridgehead atoms. The van der Waals surface area contributed by atoms with Crippen LogP contribution in [0.5, 0.6) is 0 Å². The Morgan fingerprint density at radius 3 is 1.28 bits per heavy atom. The zero-order chi connectivity index (χ0) is 14.4. The molecule has 0 saturated carbocycles.